The second-order valence-electron chi connectivity index (χ2n) is 4.05. The number of hydrogen-bond donors (Lipinski definition) is 3. The van der Waals surface area contributed by atoms with E-state index in [1.165, 1.54) is 0 Å². The van der Waals surface area contributed by atoms with Crippen LogP contribution in [0.5, 0.6) is 5.75 Å². The minimum Gasteiger partial charge on any atom is -0.491 e. The van der Waals surface area contributed by atoms with Crippen LogP contribution in [0.3, 0.4) is 0 Å². The van der Waals surface area contributed by atoms with Gasteiger partial charge in [-0.2, -0.15) is 0 Å². The molecule has 0 saturated carbocycles. The molecule has 0 fully saturated rings. The summed E-state index contributed by atoms with van der Waals surface area (Å²) in [5, 5.41) is 12.7. The number of rotatable bonds is 9. The number of methoxy groups -OCH3 is 1. The number of ether oxygens (including phenoxy) is 2. The zero-order valence-corrected chi connectivity index (χ0v) is 11.0. The highest BCUT2D eigenvalue weighted by molar-refractivity contribution is 5.92. The predicted molar refractivity (Wildman–Crippen MR) is 71.2 cm³/mol. The molecule has 19 heavy (non-hydrogen) atoms. The minimum absolute atomic E-state index is 0.176. The van der Waals surface area contributed by atoms with Crippen LogP contribution in [-0.4, -0.2) is 50.5 Å². The van der Waals surface area contributed by atoms with Gasteiger partial charge >= 0.3 is 0 Å². The van der Waals surface area contributed by atoms with Gasteiger partial charge in [-0.05, 0) is 24.3 Å². The molecule has 0 aliphatic rings. The highest BCUT2D eigenvalue weighted by Crippen LogP contribution is 2.11. The van der Waals surface area contributed by atoms with Crippen molar-refractivity contribution in [2.45, 2.75) is 6.10 Å². The van der Waals surface area contributed by atoms with Gasteiger partial charge in [-0.25, -0.2) is 0 Å². The molecule has 0 heterocycles. The predicted octanol–water partition coefficient (Wildman–Crippen LogP) is -0.239. The molecule has 1 rings (SSSR count). The third-order valence-electron chi connectivity index (χ3n) is 2.44. The van der Waals surface area contributed by atoms with Crippen LogP contribution in [0, 0.1) is 0 Å². The van der Waals surface area contributed by atoms with Gasteiger partial charge in [-0.15, -0.1) is 0 Å². The van der Waals surface area contributed by atoms with Crippen LogP contribution in [0.2, 0.25) is 0 Å². The molecule has 0 aliphatic carbocycles. The molecular weight excluding hydrogens is 248 g/mol. The number of carbonyl (C=O) groups excluding carboxylic acids is 1. The number of aliphatic hydroxyl groups excluding tert-OH is 1. The zero-order valence-electron chi connectivity index (χ0n) is 11.0. The van der Waals surface area contributed by atoms with Crippen molar-refractivity contribution in [1.82, 2.24) is 5.32 Å². The Morgan fingerprint density at radius 1 is 1.42 bits per heavy atom. The van der Waals surface area contributed by atoms with E-state index in [0.717, 1.165) is 0 Å². The highest BCUT2D eigenvalue weighted by Gasteiger charge is 2.05. The Morgan fingerprint density at radius 3 is 2.68 bits per heavy atom. The number of amides is 1. The molecule has 0 bridgehead atoms. The molecule has 1 atom stereocenters. The van der Waals surface area contributed by atoms with Crippen molar-refractivity contribution in [3.05, 3.63) is 29.8 Å². The van der Waals surface area contributed by atoms with E-state index in [4.69, 9.17) is 15.2 Å². The third kappa shape index (κ3) is 6.19. The van der Waals surface area contributed by atoms with Crippen molar-refractivity contribution in [2.24, 2.45) is 5.73 Å². The van der Waals surface area contributed by atoms with Gasteiger partial charge in [0, 0.05) is 25.8 Å². The number of benzene rings is 1. The Bertz CT molecular complexity index is 381. The summed E-state index contributed by atoms with van der Waals surface area (Å²) in [4.78, 5) is 10.9. The molecule has 1 amide bonds. The van der Waals surface area contributed by atoms with Crippen LogP contribution >= 0.6 is 0 Å². The van der Waals surface area contributed by atoms with E-state index in [1.807, 2.05) is 0 Å². The molecule has 1 aromatic carbocycles. The largest absolute Gasteiger partial charge is 0.491 e. The van der Waals surface area contributed by atoms with E-state index >= 15 is 0 Å². The summed E-state index contributed by atoms with van der Waals surface area (Å²) in [5.41, 5.74) is 5.55. The first kappa shape index (κ1) is 15.4. The quantitative estimate of drug-likeness (QED) is 0.537. The molecule has 1 aromatic rings. The molecule has 0 radical (unpaired) electrons. The topological polar surface area (TPSA) is 93.8 Å². The van der Waals surface area contributed by atoms with E-state index in [1.54, 1.807) is 31.4 Å². The molecule has 4 N–H and O–H groups in total. The fraction of sp³-hybridized carbons (Fsp3) is 0.462. The number of aliphatic hydroxyl groups is 1. The number of nitrogens with one attached hydrogen (secondary N) is 1. The minimum atomic E-state index is -0.604. The van der Waals surface area contributed by atoms with E-state index in [-0.39, 0.29) is 6.61 Å². The smallest absolute Gasteiger partial charge is 0.248 e. The Balaban J connectivity index is 2.25. The molecule has 106 valence electrons. The summed E-state index contributed by atoms with van der Waals surface area (Å²) in [6, 6.07) is 6.46. The fourth-order valence-electron chi connectivity index (χ4n) is 1.41. The number of primary amides is 1. The summed E-state index contributed by atoms with van der Waals surface area (Å²) >= 11 is 0. The third-order valence-corrected chi connectivity index (χ3v) is 2.44. The number of hydrogen-bond acceptors (Lipinski definition) is 5. The first-order valence-corrected chi connectivity index (χ1v) is 6.04. The van der Waals surface area contributed by atoms with Gasteiger partial charge in [0.2, 0.25) is 5.91 Å². The van der Waals surface area contributed by atoms with Crippen LogP contribution in [-0.2, 0) is 4.74 Å². The van der Waals surface area contributed by atoms with Crippen molar-refractivity contribution in [1.29, 1.82) is 0 Å². The molecule has 1 unspecified atom stereocenters. The standard InChI is InChI=1S/C13H20N2O4/c1-18-7-6-15-8-11(16)9-19-12-4-2-10(3-5-12)13(14)17/h2-5,11,15-16H,6-9H2,1H3,(H2,14,17). The molecule has 6 nitrogen and oxygen atoms in total. The van der Waals surface area contributed by atoms with Gasteiger partial charge < -0.3 is 25.6 Å². The zero-order chi connectivity index (χ0) is 14.1. The Morgan fingerprint density at radius 2 is 2.11 bits per heavy atom. The van der Waals surface area contributed by atoms with Gasteiger partial charge in [-0.1, -0.05) is 0 Å². The van der Waals surface area contributed by atoms with Gasteiger partial charge in [0.05, 0.1) is 6.61 Å². The SMILES string of the molecule is COCCNCC(O)COc1ccc(C(N)=O)cc1. The number of carbonyl (C=O) groups is 1. The van der Waals surface area contributed by atoms with Crippen LogP contribution in [0.15, 0.2) is 24.3 Å². The van der Waals surface area contributed by atoms with Gasteiger partial charge in [0.15, 0.2) is 0 Å². The van der Waals surface area contributed by atoms with E-state index in [2.05, 4.69) is 5.32 Å². The van der Waals surface area contributed by atoms with E-state index < -0.39 is 12.0 Å². The summed E-state index contributed by atoms with van der Waals surface area (Å²) < 4.78 is 10.3. The highest BCUT2D eigenvalue weighted by atomic mass is 16.5. The monoisotopic (exact) mass is 268 g/mol. The van der Waals surface area contributed by atoms with Crippen molar-refractivity contribution >= 4 is 5.91 Å². The van der Waals surface area contributed by atoms with Crippen molar-refractivity contribution in [3.8, 4) is 5.75 Å². The Kier molecular flexibility index (Phi) is 6.88. The lowest BCUT2D eigenvalue weighted by Gasteiger charge is -2.13. The van der Waals surface area contributed by atoms with Crippen LogP contribution in [0.4, 0.5) is 0 Å². The Labute approximate surface area is 112 Å². The lowest BCUT2D eigenvalue weighted by molar-refractivity contribution is 0.0997. The molecule has 6 heteroatoms. The molecular formula is C13H20N2O4. The van der Waals surface area contributed by atoms with Crippen LogP contribution in [0.25, 0.3) is 0 Å². The van der Waals surface area contributed by atoms with Crippen molar-refractivity contribution in [3.63, 3.8) is 0 Å². The average molecular weight is 268 g/mol. The molecule has 0 spiro atoms. The maximum Gasteiger partial charge on any atom is 0.248 e. The summed E-state index contributed by atoms with van der Waals surface area (Å²) in [5.74, 6) is 0.106. The van der Waals surface area contributed by atoms with Crippen molar-refractivity contribution in [2.75, 3.05) is 33.4 Å². The van der Waals surface area contributed by atoms with Gasteiger partial charge in [0.1, 0.15) is 18.5 Å². The maximum atomic E-state index is 10.9. The van der Waals surface area contributed by atoms with Gasteiger partial charge in [0.25, 0.3) is 0 Å². The summed E-state index contributed by atoms with van der Waals surface area (Å²) in [6.07, 6.45) is -0.604. The molecule has 0 saturated heterocycles. The van der Waals surface area contributed by atoms with Crippen molar-refractivity contribution < 1.29 is 19.4 Å². The lowest BCUT2D eigenvalue weighted by atomic mass is 10.2. The van der Waals surface area contributed by atoms with E-state index in [0.29, 0.717) is 31.0 Å². The maximum absolute atomic E-state index is 10.9. The summed E-state index contributed by atoms with van der Waals surface area (Å²) in [7, 11) is 1.62. The normalized spacial score (nSPS) is 12.1. The first-order valence-electron chi connectivity index (χ1n) is 6.04. The van der Waals surface area contributed by atoms with Crippen LogP contribution < -0.4 is 15.8 Å². The lowest BCUT2D eigenvalue weighted by Crippen LogP contribution is -2.33. The second-order valence-corrected chi connectivity index (χ2v) is 4.05. The average Bonchev–Trinajstić information content (AvgIpc) is 2.42. The van der Waals surface area contributed by atoms with E-state index in [9.17, 15) is 9.90 Å². The number of nitrogens with two attached hydrogens (primary N) is 1. The Hall–Kier alpha value is -1.63. The fourth-order valence-corrected chi connectivity index (χ4v) is 1.41. The molecule has 0 aromatic heterocycles. The second kappa shape index (κ2) is 8.47. The van der Waals surface area contributed by atoms with Crippen LogP contribution in [0.1, 0.15) is 10.4 Å². The summed E-state index contributed by atoms with van der Waals surface area (Å²) in [6.45, 7) is 1.89. The first-order chi connectivity index (χ1) is 9.13. The molecule has 0 aliphatic heterocycles. The van der Waals surface area contributed by atoms with Gasteiger partial charge in [-0.3, -0.25) is 4.79 Å².